The maximum atomic E-state index is 12.8. The van der Waals surface area contributed by atoms with Crippen LogP contribution in [-0.4, -0.2) is 27.8 Å². The number of thiazole rings is 1. The third-order valence-corrected chi connectivity index (χ3v) is 5.85. The van der Waals surface area contributed by atoms with E-state index in [2.05, 4.69) is 18.8 Å². The quantitative estimate of drug-likeness (QED) is 0.857. The molecule has 0 aromatic carbocycles. The first-order chi connectivity index (χ1) is 11.1. The Bertz CT molecular complexity index is 710. The van der Waals surface area contributed by atoms with Gasteiger partial charge in [0.1, 0.15) is 5.69 Å². The van der Waals surface area contributed by atoms with E-state index in [0.29, 0.717) is 5.69 Å². The van der Waals surface area contributed by atoms with E-state index in [0.717, 1.165) is 37.7 Å². The fraction of sp³-hybridized carbons (Fsp3) is 0.500. The van der Waals surface area contributed by atoms with Crippen molar-refractivity contribution in [3.63, 3.8) is 0 Å². The van der Waals surface area contributed by atoms with E-state index >= 15 is 0 Å². The van der Waals surface area contributed by atoms with Crippen molar-refractivity contribution in [2.45, 2.75) is 52.0 Å². The molecule has 4 nitrogen and oxygen atoms in total. The summed E-state index contributed by atoms with van der Waals surface area (Å²) in [5, 5.41) is 1.17. The third kappa shape index (κ3) is 3.15. The van der Waals surface area contributed by atoms with Crippen molar-refractivity contribution >= 4 is 17.2 Å². The molecular weight excluding hydrogens is 306 g/mol. The highest BCUT2D eigenvalue weighted by Crippen LogP contribution is 2.38. The average molecular weight is 329 g/mol. The molecule has 0 saturated heterocycles. The molecule has 1 aliphatic carbocycles. The summed E-state index contributed by atoms with van der Waals surface area (Å²) in [5.41, 5.74) is 2.88. The van der Waals surface area contributed by atoms with E-state index in [1.165, 1.54) is 15.6 Å². The Morgan fingerprint density at radius 3 is 2.96 bits per heavy atom. The molecular formula is C18H23N3OS. The summed E-state index contributed by atoms with van der Waals surface area (Å²) < 4.78 is 0. The molecule has 1 aliphatic rings. The highest BCUT2D eigenvalue weighted by Gasteiger charge is 2.30. The van der Waals surface area contributed by atoms with Crippen LogP contribution in [0.1, 0.15) is 64.4 Å². The number of rotatable bonds is 4. The number of aryl methyl sites for hydroxylation is 3. The second-order valence-electron chi connectivity index (χ2n) is 6.00. The fourth-order valence-corrected chi connectivity index (χ4v) is 4.33. The lowest BCUT2D eigenvalue weighted by Crippen LogP contribution is -2.33. The highest BCUT2D eigenvalue weighted by atomic mass is 32.1. The monoisotopic (exact) mass is 329 g/mol. The number of fused-ring (bicyclic) bond motifs is 1. The van der Waals surface area contributed by atoms with Crippen molar-refractivity contribution in [1.82, 2.24) is 14.9 Å². The molecule has 5 heteroatoms. The molecule has 0 bridgehead atoms. The first-order valence-corrected chi connectivity index (χ1v) is 9.16. The van der Waals surface area contributed by atoms with Crippen LogP contribution in [0.4, 0.5) is 0 Å². The Labute approximate surface area is 141 Å². The van der Waals surface area contributed by atoms with E-state index in [9.17, 15) is 4.79 Å². The van der Waals surface area contributed by atoms with Gasteiger partial charge in [-0.1, -0.05) is 13.8 Å². The van der Waals surface area contributed by atoms with Gasteiger partial charge in [0.05, 0.1) is 21.6 Å². The predicted molar refractivity (Wildman–Crippen MR) is 92.9 cm³/mol. The molecule has 23 heavy (non-hydrogen) atoms. The van der Waals surface area contributed by atoms with Gasteiger partial charge >= 0.3 is 0 Å². The zero-order valence-electron chi connectivity index (χ0n) is 14.0. The molecule has 0 saturated carbocycles. The molecule has 1 amide bonds. The number of hydrogen-bond donors (Lipinski definition) is 0. The number of pyridine rings is 1. The van der Waals surface area contributed by atoms with Crippen LogP contribution in [-0.2, 0) is 19.3 Å². The zero-order chi connectivity index (χ0) is 16.4. The van der Waals surface area contributed by atoms with Crippen LogP contribution in [0.5, 0.6) is 0 Å². The van der Waals surface area contributed by atoms with E-state index < -0.39 is 0 Å². The topological polar surface area (TPSA) is 46.1 Å². The van der Waals surface area contributed by atoms with Crippen molar-refractivity contribution in [2.24, 2.45) is 0 Å². The van der Waals surface area contributed by atoms with E-state index in [1.54, 1.807) is 17.5 Å². The summed E-state index contributed by atoms with van der Waals surface area (Å²) in [6.45, 7) is 4.22. The van der Waals surface area contributed by atoms with Gasteiger partial charge in [0, 0.05) is 13.2 Å². The number of carbonyl (C=O) groups is 1. The predicted octanol–water partition coefficient (Wildman–Crippen LogP) is 3.81. The van der Waals surface area contributed by atoms with Crippen LogP contribution >= 0.6 is 11.3 Å². The summed E-state index contributed by atoms with van der Waals surface area (Å²) in [6.07, 6.45) is 6.73. The van der Waals surface area contributed by atoms with E-state index in [1.807, 2.05) is 24.1 Å². The molecule has 1 atom stereocenters. The number of aromatic nitrogens is 2. The standard InChI is InChI=1S/C18H23N3OS/c1-4-12-9-10-19-14(11-12)18(22)21(3)15-8-6-7-13-17(15)23-16(5-2)20-13/h9-11,15H,4-8H2,1-3H3/t15-/m1/s1. The van der Waals surface area contributed by atoms with Crippen LogP contribution in [0.15, 0.2) is 18.3 Å². The van der Waals surface area contributed by atoms with Gasteiger partial charge in [-0.15, -0.1) is 11.3 Å². The molecule has 122 valence electrons. The van der Waals surface area contributed by atoms with Crippen LogP contribution in [0.25, 0.3) is 0 Å². The Kier molecular flexibility index (Phi) is 4.76. The lowest BCUT2D eigenvalue weighted by atomic mass is 9.96. The number of hydrogen-bond acceptors (Lipinski definition) is 4. The Hall–Kier alpha value is -1.75. The first-order valence-electron chi connectivity index (χ1n) is 8.34. The van der Waals surface area contributed by atoms with Crippen LogP contribution in [0, 0.1) is 0 Å². The van der Waals surface area contributed by atoms with Crippen LogP contribution in [0.3, 0.4) is 0 Å². The summed E-state index contributed by atoms with van der Waals surface area (Å²) in [5.74, 6) is 0.00426. The van der Waals surface area contributed by atoms with Crippen molar-refractivity contribution < 1.29 is 4.79 Å². The molecule has 0 fully saturated rings. The minimum atomic E-state index is 0.00426. The molecule has 3 rings (SSSR count). The number of carbonyl (C=O) groups excluding carboxylic acids is 1. The summed E-state index contributed by atoms with van der Waals surface area (Å²) in [7, 11) is 1.90. The first kappa shape index (κ1) is 16.1. The normalized spacial score (nSPS) is 16.9. The van der Waals surface area contributed by atoms with Gasteiger partial charge in [0.25, 0.3) is 5.91 Å². The van der Waals surface area contributed by atoms with Gasteiger partial charge in [-0.25, -0.2) is 4.98 Å². The Morgan fingerprint density at radius 2 is 2.22 bits per heavy atom. The molecule has 2 aromatic rings. The Morgan fingerprint density at radius 1 is 1.39 bits per heavy atom. The molecule has 2 heterocycles. The second kappa shape index (κ2) is 6.79. The van der Waals surface area contributed by atoms with Crippen molar-refractivity contribution in [3.8, 4) is 0 Å². The van der Waals surface area contributed by atoms with Gasteiger partial charge in [0.15, 0.2) is 0 Å². The zero-order valence-corrected chi connectivity index (χ0v) is 14.8. The van der Waals surface area contributed by atoms with Gasteiger partial charge in [-0.2, -0.15) is 0 Å². The summed E-state index contributed by atoms with van der Waals surface area (Å²) in [4.78, 5) is 25.0. The molecule has 0 aliphatic heterocycles. The molecule has 2 aromatic heterocycles. The number of nitrogens with zero attached hydrogens (tertiary/aromatic N) is 3. The van der Waals surface area contributed by atoms with Crippen molar-refractivity contribution in [2.75, 3.05) is 7.05 Å². The maximum absolute atomic E-state index is 12.8. The van der Waals surface area contributed by atoms with Crippen molar-refractivity contribution in [3.05, 3.63) is 45.2 Å². The Balaban J connectivity index is 1.87. The molecule has 0 unspecified atom stereocenters. The summed E-state index contributed by atoms with van der Waals surface area (Å²) in [6, 6.07) is 4.01. The summed E-state index contributed by atoms with van der Waals surface area (Å²) >= 11 is 1.77. The fourth-order valence-electron chi connectivity index (χ4n) is 3.10. The second-order valence-corrected chi connectivity index (χ2v) is 7.11. The molecule has 0 radical (unpaired) electrons. The maximum Gasteiger partial charge on any atom is 0.272 e. The van der Waals surface area contributed by atoms with E-state index in [-0.39, 0.29) is 11.9 Å². The third-order valence-electron chi connectivity index (χ3n) is 4.51. The van der Waals surface area contributed by atoms with E-state index in [4.69, 9.17) is 4.98 Å². The SMILES string of the molecule is CCc1ccnc(C(=O)N(C)[C@@H]2CCCc3nc(CC)sc32)c1. The minimum absolute atomic E-state index is 0.00426. The van der Waals surface area contributed by atoms with Gasteiger partial charge in [-0.05, 0) is 49.8 Å². The average Bonchev–Trinajstić information content (AvgIpc) is 3.03. The van der Waals surface area contributed by atoms with Gasteiger partial charge in [0.2, 0.25) is 0 Å². The van der Waals surface area contributed by atoms with Crippen LogP contribution in [0.2, 0.25) is 0 Å². The smallest absolute Gasteiger partial charge is 0.272 e. The molecule has 0 spiro atoms. The highest BCUT2D eigenvalue weighted by molar-refractivity contribution is 7.11. The van der Waals surface area contributed by atoms with Gasteiger partial charge < -0.3 is 4.90 Å². The van der Waals surface area contributed by atoms with Crippen LogP contribution < -0.4 is 0 Å². The molecule has 0 N–H and O–H groups in total. The lowest BCUT2D eigenvalue weighted by molar-refractivity contribution is 0.0712. The largest absolute Gasteiger partial charge is 0.332 e. The minimum Gasteiger partial charge on any atom is -0.332 e. The lowest BCUT2D eigenvalue weighted by Gasteiger charge is -2.30. The number of amides is 1. The van der Waals surface area contributed by atoms with Crippen molar-refractivity contribution in [1.29, 1.82) is 0 Å². The van der Waals surface area contributed by atoms with Gasteiger partial charge in [-0.3, -0.25) is 9.78 Å².